The molecule has 1 atom stereocenters. The highest BCUT2D eigenvalue weighted by Crippen LogP contribution is 2.20. The molecule has 0 saturated carbocycles. The van der Waals surface area contributed by atoms with Crippen LogP contribution in [0.5, 0.6) is 0 Å². The first-order valence-corrected chi connectivity index (χ1v) is 8.16. The van der Waals surface area contributed by atoms with Gasteiger partial charge in [-0.15, -0.1) is 0 Å². The molecule has 22 heavy (non-hydrogen) atoms. The molecule has 1 aromatic carbocycles. The largest absolute Gasteiger partial charge is 0.378 e. The van der Waals surface area contributed by atoms with Crippen molar-refractivity contribution >= 4 is 11.6 Å². The zero-order valence-corrected chi connectivity index (χ0v) is 13.6. The fraction of sp³-hybridized carbons (Fsp3) is 0.588. The molecule has 2 fully saturated rings. The van der Waals surface area contributed by atoms with Crippen molar-refractivity contribution in [1.82, 2.24) is 15.1 Å². The maximum Gasteiger partial charge on any atom is 0.253 e. The molecular formula is C17H26N4O. The van der Waals surface area contributed by atoms with Gasteiger partial charge in [-0.25, -0.2) is 0 Å². The van der Waals surface area contributed by atoms with Crippen LogP contribution in [-0.2, 0) is 0 Å². The number of nitrogens with one attached hydrogen (secondary N) is 1. The van der Waals surface area contributed by atoms with Gasteiger partial charge in [0.1, 0.15) is 0 Å². The molecule has 1 aromatic rings. The van der Waals surface area contributed by atoms with Crippen LogP contribution in [0.2, 0.25) is 0 Å². The van der Waals surface area contributed by atoms with Crippen LogP contribution in [0.15, 0.2) is 24.3 Å². The number of carbonyl (C=O) groups is 1. The highest BCUT2D eigenvalue weighted by atomic mass is 16.2. The third kappa shape index (κ3) is 3.25. The Kier molecular flexibility index (Phi) is 4.64. The van der Waals surface area contributed by atoms with Crippen molar-refractivity contribution in [3.05, 3.63) is 29.8 Å². The van der Waals surface area contributed by atoms with Crippen molar-refractivity contribution < 1.29 is 4.79 Å². The number of piperazine rings is 1. The first-order chi connectivity index (χ1) is 10.6. The van der Waals surface area contributed by atoms with Gasteiger partial charge in [-0.2, -0.15) is 0 Å². The molecule has 0 spiro atoms. The van der Waals surface area contributed by atoms with Crippen molar-refractivity contribution in [2.45, 2.75) is 12.5 Å². The molecule has 5 nitrogen and oxygen atoms in total. The average Bonchev–Trinajstić information content (AvgIpc) is 3.05. The van der Waals surface area contributed by atoms with Crippen LogP contribution in [0, 0.1) is 0 Å². The van der Waals surface area contributed by atoms with Gasteiger partial charge in [-0.3, -0.25) is 9.69 Å². The predicted octanol–water partition coefficient (Wildman–Crippen LogP) is 0.872. The van der Waals surface area contributed by atoms with E-state index in [2.05, 4.69) is 10.2 Å². The number of hydrogen-bond acceptors (Lipinski definition) is 4. The van der Waals surface area contributed by atoms with Crippen LogP contribution < -0.4 is 10.2 Å². The molecular weight excluding hydrogens is 276 g/mol. The standard InChI is InChI=1S/C17H26N4O/c1-19(2)15-5-3-4-14(12-15)17(22)21-9-6-16(13-21)20-10-7-18-8-11-20/h3-5,12,16,18H,6-11,13H2,1-2H3. The second-order valence-electron chi connectivity index (χ2n) is 6.42. The number of rotatable bonds is 3. The fourth-order valence-corrected chi connectivity index (χ4v) is 3.37. The van der Waals surface area contributed by atoms with Crippen LogP contribution in [0.1, 0.15) is 16.8 Å². The van der Waals surface area contributed by atoms with Crippen LogP contribution >= 0.6 is 0 Å². The first kappa shape index (κ1) is 15.3. The molecule has 0 aliphatic carbocycles. The van der Waals surface area contributed by atoms with Gasteiger partial charge in [0.2, 0.25) is 0 Å². The maximum absolute atomic E-state index is 12.7. The Labute approximate surface area is 132 Å². The average molecular weight is 302 g/mol. The lowest BCUT2D eigenvalue weighted by atomic mass is 10.1. The second-order valence-corrected chi connectivity index (χ2v) is 6.42. The lowest BCUT2D eigenvalue weighted by Gasteiger charge is -2.32. The lowest BCUT2D eigenvalue weighted by molar-refractivity contribution is 0.0773. The van der Waals surface area contributed by atoms with E-state index in [-0.39, 0.29) is 5.91 Å². The topological polar surface area (TPSA) is 38.8 Å². The number of carbonyl (C=O) groups excluding carboxylic acids is 1. The normalized spacial score (nSPS) is 22.8. The van der Waals surface area contributed by atoms with Gasteiger partial charge in [-0.05, 0) is 24.6 Å². The van der Waals surface area contributed by atoms with Gasteiger partial charge in [-0.1, -0.05) is 6.07 Å². The number of nitrogens with zero attached hydrogens (tertiary/aromatic N) is 3. The summed E-state index contributed by atoms with van der Waals surface area (Å²) in [6, 6.07) is 8.44. The minimum Gasteiger partial charge on any atom is -0.378 e. The highest BCUT2D eigenvalue weighted by molar-refractivity contribution is 5.95. The molecule has 0 radical (unpaired) electrons. The van der Waals surface area contributed by atoms with E-state index in [4.69, 9.17) is 0 Å². The Balaban J connectivity index is 1.64. The van der Waals surface area contributed by atoms with Crippen LogP contribution in [0.3, 0.4) is 0 Å². The molecule has 3 rings (SSSR count). The van der Waals surface area contributed by atoms with E-state index in [9.17, 15) is 4.79 Å². The smallest absolute Gasteiger partial charge is 0.253 e. The summed E-state index contributed by atoms with van der Waals surface area (Å²) in [4.78, 5) is 19.3. The summed E-state index contributed by atoms with van der Waals surface area (Å²) >= 11 is 0. The second kappa shape index (κ2) is 6.67. The van der Waals surface area contributed by atoms with E-state index in [1.54, 1.807) is 0 Å². The van der Waals surface area contributed by atoms with Crippen molar-refractivity contribution in [3.63, 3.8) is 0 Å². The van der Waals surface area contributed by atoms with Gasteiger partial charge in [0.15, 0.2) is 0 Å². The van der Waals surface area contributed by atoms with Crippen molar-refractivity contribution in [2.75, 3.05) is 58.3 Å². The summed E-state index contributed by atoms with van der Waals surface area (Å²) in [6.45, 7) is 6.07. The third-order valence-electron chi connectivity index (χ3n) is 4.73. The molecule has 1 N–H and O–H groups in total. The zero-order valence-electron chi connectivity index (χ0n) is 13.6. The maximum atomic E-state index is 12.7. The number of hydrogen-bond donors (Lipinski definition) is 1. The molecule has 2 aliphatic rings. The van der Waals surface area contributed by atoms with Crippen LogP contribution in [-0.4, -0.2) is 75.1 Å². The lowest BCUT2D eigenvalue weighted by Crippen LogP contribution is -2.49. The number of likely N-dealkylation sites (tertiary alicyclic amines) is 1. The third-order valence-corrected chi connectivity index (χ3v) is 4.73. The van der Waals surface area contributed by atoms with Gasteiger partial charge in [0, 0.05) is 70.7 Å². The SMILES string of the molecule is CN(C)c1cccc(C(=O)N2CCC(N3CCNCC3)C2)c1. The molecule has 5 heteroatoms. The van der Waals surface area contributed by atoms with Crippen LogP contribution in [0.4, 0.5) is 5.69 Å². The molecule has 2 heterocycles. The molecule has 1 unspecified atom stereocenters. The van der Waals surface area contributed by atoms with E-state index in [1.807, 2.05) is 48.2 Å². The number of benzene rings is 1. The monoisotopic (exact) mass is 302 g/mol. The molecule has 2 saturated heterocycles. The Hall–Kier alpha value is -1.59. The van der Waals surface area contributed by atoms with Gasteiger partial charge in [0.25, 0.3) is 5.91 Å². The van der Waals surface area contributed by atoms with E-state index in [0.717, 1.165) is 56.9 Å². The Morgan fingerprint density at radius 3 is 2.73 bits per heavy atom. The highest BCUT2D eigenvalue weighted by Gasteiger charge is 2.31. The first-order valence-electron chi connectivity index (χ1n) is 8.16. The molecule has 0 bridgehead atoms. The summed E-state index contributed by atoms with van der Waals surface area (Å²) in [5, 5.41) is 3.39. The fourth-order valence-electron chi connectivity index (χ4n) is 3.37. The summed E-state index contributed by atoms with van der Waals surface area (Å²) in [7, 11) is 4.00. The molecule has 0 aromatic heterocycles. The predicted molar refractivity (Wildman–Crippen MR) is 89.5 cm³/mol. The minimum atomic E-state index is 0.168. The summed E-state index contributed by atoms with van der Waals surface area (Å²) in [6.07, 6.45) is 1.10. The van der Waals surface area contributed by atoms with Crippen molar-refractivity contribution in [2.24, 2.45) is 0 Å². The van der Waals surface area contributed by atoms with Gasteiger partial charge >= 0.3 is 0 Å². The van der Waals surface area contributed by atoms with Crippen molar-refractivity contribution in [1.29, 1.82) is 0 Å². The van der Waals surface area contributed by atoms with E-state index in [1.165, 1.54) is 0 Å². The van der Waals surface area contributed by atoms with E-state index in [0.29, 0.717) is 6.04 Å². The molecule has 120 valence electrons. The van der Waals surface area contributed by atoms with Gasteiger partial charge in [0.05, 0.1) is 0 Å². The van der Waals surface area contributed by atoms with Crippen LogP contribution in [0.25, 0.3) is 0 Å². The summed E-state index contributed by atoms with van der Waals surface area (Å²) < 4.78 is 0. The summed E-state index contributed by atoms with van der Waals surface area (Å²) in [5.74, 6) is 0.168. The molecule has 1 amide bonds. The van der Waals surface area contributed by atoms with Crippen molar-refractivity contribution in [3.8, 4) is 0 Å². The molecule has 2 aliphatic heterocycles. The zero-order chi connectivity index (χ0) is 15.5. The van der Waals surface area contributed by atoms with E-state index < -0.39 is 0 Å². The Bertz CT molecular complexity index is 525. The number of anilines is 1. The number of amides is 1. The quantitative estimate of drug-likeness (QED) is 0.899. The Morgan fingerprint density at radius 2 is 2.00 bits per heavy atom. The van der Waals surface area contributed by atoms with E-state index >= 15 is 0 Å². The minimum absolute atomic E-state index is 0.168. The van der Waals surface area contributed by atoms with Gasteiger partial charge < -0.3 is 15.1 Å². The summed E-state index contributed by atoms with van der Waals surface area (Å²) in [5.41, 5.74) is 1.87. The Morgan fingerprint density at radius 1 is 1.23 bits per heavy atom.